The average Bonchev–Trinajstić information content (AvgIpc) is 3.09. The van der Waals surface area contributed by atoms with Gasteiger partial charge >= 0.3 is 0 Å². The highest BCUT2D eigenvalue weighted by atomic mass is 32.2. The molecule has 0 amide bonds. The van der Waals surface area contributed by atoms with E-state index in [0.717, 1.165) is 17.2 Å². The minimum absolute atomic E-state index is 0.782. The molecule has 2 aliphatic carbocycles. The van der Waals surface area contributed by atoms with E-state index in [-0.39, 0.29) is 0 Å². The fourth-order valence-electron chi connectivity index (χ4n) is 2.51. The maximum absolute atomic E-state index is 3.49. The van der Waals surface area contributed by atoms with Gasteiger partial charge in [0.15, 0.2) is 0 Å². The molecule has 1 N–H and O–H groups in total. The molecule has 2 fully saturated rings. The van der Waals surface area contributed by atoms with Gasteiger partial charge in [0.2, 0.25) is 0 Å². The van der Waals surface area contributed by atoms with Gasteiger partial charge in [-0.15, -0.1) is 0 Å². The molecule has 2 saturated carbocycles. The third-order valence-corrected chi connectivity index (χ3v) is 5.35. The molecule has 0 aliphatic heterocycles. The summed E-state index contributed by atoms with van der Waals surface area (Å²) in [6.45, 7) is 0. The van der Waals surface area contributed by atoms with Gasteiger partial charge in [-0.05, 0) is 32.2 Å². The number of nitrogens with one attached hydrogen (secondary N) is 1. The predicted octanol–water partition coefficient (Wildman–Crippen LogP) is 3.44. The highest BCUT2D eigenvalue weighted by molar-refractivity contribution is 7.99. The van der Waals surface area contributed by atoms with Gasteiger partial charge in [-0.2, -0.15) is 11.8 Å². The van der Waals surface area contributed by atoms with Crippen molar-refractivity contribution in [1.29, 1.82) is 0 Å². The van der Waals surface area contributed by atoms with Gasteiger partial charge in [0.25, 0.3) is 0 Å². The summed E-state index contributed by atoms with van der Waals surface area (Å²) in [5, 5.41) is 4.47. The van der Waals surface area contributed by atoms with E-state index in [4.69, 9.17) is 0 Å². The minimum atomic E-state index is 0.782. The Hall–Kier alpha value is 0.310. The first-order valence-electron chi connectivity index (χ1n) is 6.67. The first-order chi connectivity index (χ1) is 7.38. The molecule has 1 nitrogen and oxygen atoms in total. The average molecular weight is 227 g/mol. The van der Waals surface area contributed by atoms with Crippen molar-refractivity contribution in [2.45, 2.75) is 62.7 Å². The second-order valence-electron chi connectivity index (χ2n) is 5.26. The zero-order valence-corrected chi connectivity index (χ0v) is 10.8. The number of thioether (sulfide) groups is 1. The van der Waals surface area contributed by atoms with Crippen LogP contribution in [0, 0.1) is 5.92 Å². The normalized spacial score (nSPS) is 25.4. The summed E-state index contributed by atoms with van der Waals surface area (Å²) < 4.78 is 0. The van der Waals surface area contributed by atoms with E-state index in [1.165, 1.54) is 57.1 Å². The fraction of sp³-hybridized carbons (Fsp3) is 1.00. The molecule has 0 aromatic carbocycles. The quantitative estimate of drug-likeness (QED) is 0.746. The van der Waals surface area contributed by atoms with Crippen molar-refractivity contribution in [3.63, 3.8) is 0 Å². The Bertz CT molecular complexity index is 173. The molecular weight excluding hydrogens is 202 g/mol. The molecular formula is C13H25NS. The Labute approximate surface area is 98.8 Å². The smallest absolute Gasteiger partial charge is 0.0157 e. The first-order valence-corrected chi connectivity index (χ1v) is 7.72. The molecule has 2 rings (SSSR count). The lowest BCUT2D eigenvalue weighted by atomic mass is 10.0. The van der Waals surface area contributed by atoms with Crippen molar-refractivity contribution >= 4 is 11.8 Å². The maximum Gasteiger partial charge on any atom is 0.0157 e. The van der Waals surface area contributed by atoms with Gasteiger partial charge in [0.1, 0.15) is 0 Å². The molecule has 2 aliphatic rings. The molecule has 15 heavy (non-hydrogen) atoms. The van der Waals surface area contributed by atoms with Gasteiger partial charge in [0.05, 0.1) is 0 Å². The van der Waals surface area contributed by atoms with Gasteiger partial charge in [-0.25, -0.2) is 0 Å². The standard InChI is InChI=1S/C13H25NS/c1-14-12(9-11-7-8-11)10-15-13-5-3-2-4-6-13/h11-14H,2-10H2,1H3. The molecule has 1 unspecified atom stereocenters. The molecule has 0 aromatic heterocycles. The van der Waals surface area contributed by atoms with Crippen LogP contribution in [0.2, 0.25) is 0 Å². The Morgan fingerprint density at radius 2 is 1.87 bits per heavy atom. The highest BCUT2D eigenvalue weighted by Gasteiger charge is 2.25. The van der Waals surface area contributed by atoms with E-state index in [0.29, 0.717) is 0 Å². The van der Waals surface area contributed by atoms with Crippen LogP contribution in [0.15, 0.2) is 0 Å². The summed E-state index contributed by atoms with van der Waals surface area (Å²) in [7, 11) is 2.13. The van der Waals surface area contributed by atoms with E-state index in [9.17, 15) is 0 Å². The maximum atomic E-state index is 3.49. The molecule has 88 valence electrons. The van der Waals surface area contributed by atoms with Crippen LogP contribution in [0.25, 0.3) is 0 Å². The summed E-state index contributed by atoms with van der Waals surface area (Å²) in [6.07, 6.45) is 11.8. The molecule has 0 saturated heterocycles. The van der Waals surface area contributed by atoms with Crippen LogP contribution in [-0.4, -0.2) is 24.1 Å². The van der Waals surface area contributed by atoms with E-state index >= 15 is 0 Å². The van der Waals surface area contributed by atoms with E-state index in [1.807, 2.05) is 0 Å². The molecule has 0 heterocycles. The zero-order valence-electron chi connectivity index (χ0n) is 10.0. The summed E-state index contributed by atoms with van der Waals surface area (Å²) >= 11 is 2.24. The summed E-state index contributed by atoms with van der Waals surface area (Å²) in [5.41, 5.74) is 0. The fourth-order valence-corrected chi connectivity index (χ4v) is 3.98. The van der Waals surface area contributed by atoms with E-state index in [1.54, 1.807) is 0 Å². The first kappa shape index (κ1) is 11.8. The van der Waals surface area contributed by atoms with Gasteiger partial charge < -0.3 is 5.32 Å². The van der Waals surface area contributed by atoms with E-state index in [2.05, 4.69) is 24.1 Å². The van der Waals surface area contributed by atoms with Crippen molar-refractivity contribution in [3.05, 3.63) is 0 Å². The SMILES string of the molecule is CNC(CSC1CCCCC1)CC1CC1. The van der Waals surface area contributed by atoms with Gasteiger partial charge in [-0.3, -0.25) is 0 Å². The number of rotatable bonds is 6. The second kappa shape index (κ2) is 6.15. The third-order valence-electron chi connectivity index (χ3n) is 3.81. The predicted molar refractivity (Wildman–Crippen MR) is 69.5 cm³/mol. The van der Waals surface area contributed by atoms with Crippen LogP contribution in [0.3, 0.4) is 0 Å². The largest absolute Gasteiger partial charge is 0.316 e. The molecule has 2 heteroatoms. The van der Waals surface area contributed by atoms with Crippen LogP contribution >= 0.6 is 11.8 Å². The Kier molecular flexibility index (Phi) is 4.83. The molecule has 0 aromatic rings. The van der Waals surface area contributed by atoms with Crippen LogP contribution in [0.5, 0.6) is 0 Å². The Morgan fingerprint density at radius 1 is 1.13 bits per heavy atom. The van der Waals surface area contributed by atoms with Crippen molar-refractivity contribution in [1.82, 2.24) is 5.32 Å². The Balaban J connectivity index is 1.60. The van der Waals surface area contributed by atoms with E-state index < -0.39 is 0 Å². The van der Waals surface area contributed by atoms with Crippen LogP contribution in [0.4, 0.5) is 0 Å². The van der Waals surface area contributed by atoms with Crippen molar-refractivity contribution < 1.29 is 0 Å². The van der Waals surface area contributed by atoms with Crippen LogP contribution in [-0.2, 0) is 0 Å². The molecule has 0 radical (unpaired) electrons. The molecule has 0 spiro atoms. The number of hydrogen-bond donors (Lipinski definition) is 1. The monoisotopic (exact) mass is 227 g/mol. The highest BCUT2D eigenvalue weighted by Crippen LogP contribution is 2.35. The lowest BCUT2D eigenvalue weighted by Gasteiger charge is -2.23. The minimum Gasteiger partial charge on any atom is -0.316 e. The van der Waals surface area contributed by atoms with Crippen molar-refractivity contribution in [2.24, 2.45) is 5.92 Å². The Morgan fingerprint density at radius 3 is 2.47 bits per heavy atom. The summed E-state index contributed by atoms with van der Waals surface area (Å²) in [4.78, 5) is 0. The zero-order chi connectivity index (χ0) is 10.5. The van der Waals surface area contributed by atoms with Crippen LogP contribution < -0.4 is 5.32 Å². The third kappa shape index (κ3) is 4.36. The number of hydrogen-bond acceptors (Lipinski definition) is 2. The second-order valence-corrected chi connectivity index (χ2v) is 6.59. The van der Waals surface area contributed by atoms with Crippen molar-refractivity contribution in [3.8, 4) is 0 Å². The van der Waals surface area contributed by atoms with Crippen LogP contribution in [0.1, 0.15) is 51.4 Å². The topological polar surface area (TPSA) is 12.0 Å². The van der Waals surface area contributed by atoms with Gasteiger partial charge in [-0.1, -0.05) is 32.1 Å². The molecule has 0 bridgehead atoms. The lowest BCUT2D eigenvalue weighted by molar-refractivity contribution is 0.509. The van der Waals surface area contributed by atoms with Crippen molar-refractivity contribution in [2.75, 3.05) is 12.8 Å². The lowest BCUT2D eigenvalue weighted by Crippen LogP contribution is -2.29. The summed E-state index contributed by atoms with van der Waals surface area (Å²) in [6, 6.07) is 0.782. The summed E-state index contributed by atoms with van der Waals surface area (Å²) in [5.74, 6) is 2.41. The van der Waals surface area contributed by atoms with Gasteiger partial charge in [0, 0.05) is 17.0 Å². The molecule has 1 atom stereocenters.